The summed E-state index contributed by atoms with van der Waals surface area (Å²) < 4.78 is 13.7. The van der Waals surface area contributed by atoms with Gasteiger partial charge in [-0.2, -0.15) is 0 Å². The van der Waals surface area contributed by atoms with Crippen molar-refractivity contribution in [3.63, 3.8) is 0 Å². The van der Waals surface area contributed by atoms with E-state index in [0.717, 1.165) is 61.6 Å². The molecule has 3 aliphatic rings. The first-order valence-corrected chi connectivity index (χ1v) is 19.1. The van der Waals surface area contributed by atoms with Crippen LogP contribution in [-0.4, -0.2) is 0 Å². The molecule has 9 aromatic rings. The number of rotatable bonds is 3. The average molecular weight is 706 g/mol. The zero-order chi connectivity index (χ0) is 36.5. The van der Waals surface area contributed by atoms with E-state index in [-0.39, 0.29) is 5.41 Å². The van der Waals surface area contributed by atoms with Gasteiger partial charge in [-0.25, -0.2) is 0 Å². The molecule has 0 radical (unpaired) electrons. The Morgan fingerprint density at radius 1 is 0.382 bits per heavy atom. The Hall–Kier alpha value is -6.84. The molecule has 2 aliphatic carbocycles. The van der Waals surface area contributed by atoms with Gasteiger partial charge in [0.2, 0.25) is 0 Å². The molecular formula is C52H35NO2. The molecule has 0 fully saturated rings. The highest BCUT2D eigenvalue weighted by molar-refractivity contribution is 6.08. The summed E-state index contributed by atoms with van der Waals surface area (Å²) >= 11 is 0. The molecule has 260 valence electrons. The van der Waals surface area contributed by atoms with Gasteiger partial charge in [0.15, 0.2) is 0 Å². The molecule has 12 rings (SSSR count). The van der Waals surface area contributed by atoms with E-state index in [0.29, 0.717) is 0 Å². The van der Waals surface area contributed by atoms with Crippen LogP contribution in [0.5, 0.6) is 11.5 Å². The molecule has 8 aromatic carbocycles. The molecule has 2 heterocycles. The van der Waals surface area contributed by atoms with Crippen LogP contribution in [0.25, 0.3) is 44.2 Å². The van der Waals surface area contributed by atoms with Crippen molar-refractivity contribution in [3.05, 3.63) is 209 Å². The van der Waals surface area contributed by atoms with Crippen molar-refractivity contribution in [3.8, 4) is 33.8 Å². The lowest BCUT2D eigenvalue weighted by Gasteiger charge is -2.39. The summed E-state index contributed by atoms with van der Waals surface area (Å²) in [5, 5.41) is 2.08. The third-order valence-corrected chi connectivity index (χ3v) is 12.5. The van der Waals surface area contributed by atoms with Crippen molar-refractivity contribution in [2.24, 2.45) is 0 Å². The maximum atomic E-state index is 6.87. The molecule has 3 heteroatoms. The Kier molecular flexibility index (Phi) is 6.05. The Morgan fingerprint density at radius 2 is 0.945 bits per heavy atom. The average Bonchev–Trinajstić information content (AvgIpc) is 3.81. The van der Waals surface area contributed by atoms with Gasteiger partial charge in [-0.3, -0.25) is 0 Å². The van der Waals surface area contributed by atoms with Crippen LogP contribution in [0.3, 0.4) is 0 Å². The summed E-state index contributed by atoms with van der Waals surface area (Å²) in [5.74, 6) is 1.73. The number of ether oxygens (including phenoxy) is 1. The van der Waals surface area contributed by atoms with Crippen molar-refractivity contribution in [2.75, 3.05) is 4.90 Å². The summed E-state index contributed by atoms with van der Waals surface area (Å²) in [6, 6.07) is 63.7. The quantitative estimate of drug-likeness (QED) is 0.183. The van der Waals surface area contributed by atoms with Crippen LogP contribution in [0.2, 0.25) is 0 Å². The SMILES string of the molecule is CC1(C)c2ccccc2-c2cc(N(c3ccccc3)c3ccc4oc5cc6c(cc5c4c3)Oc3ccccc3C63c4ccccc4-c4ccccc43)ccc21. The smallest absolute Gasteiger partial charge is 0.136 e. The van der Waals surface area contributed by atoms with Gasteiger partial charge in [0, 0.05) is 44.4 Å². The predicted molar refractivity (Wildman–Crippen MR) is 223 cm³/mol. The normalized spacial score (nSPS) is 14.8. The Balaban J connectivity index is 1.07. The number of benzene rings is 8. The number of furan rings is 1. The van der Waals surface area contributed by atoms with Crippen molar-refractivity contribution in [2.45, 2.75) is 24.7 Å². The lowest BCUT2D eigenvalue weighted by atomic mass is 9.66. The molecule has 0 unspecified atom stereocenters. The van der Waals surface area contributed by atoms with Gasteiger partial charge in [0.25, 0.3) is 0 Å². The summed E-state index contributed by atoms with van der Waals surface area (Å²) in [7, 11) is 0. The summed E-state index contributed by atoms with van der Waals surface area (Å²) in [5.41, 5.74) is 17.0. The van der Waals surface area contributed by atoms with E-state index >= 15 is 0 Å². The van der Waals surface area contributed by atoms with E-state index in [2.05, 4.69) is 195 Å². The van der Waals surface area contributed by atoms with Gasteiger partial charge in [-0.1, -0.05) is 129 Å². The lowest BCUT2D eigenvalue weighted by Crippen LogP contribution is -2.32. The molecule has 0 saturated heterocycles. The van der Waals surface area contributed by atoms with Gasteiger partial charge in [0.05, 0.1) is 5.41 Å². The summed E-state index contributed by atoms with van der Waals surface area (Å²) in [4.78, 5) is 2.36. The Morgan fingerprint density at radius 3 is 1.69 bits per heavy atom. The van der Waals surface area contributed by atoms with Crippen molar-refractivity contribution in [1.29, 1.82) is 0 Å². The van der Waals surface area contributed by atoms with E-state index in [4.69, 9.17) is 9.15 Å². The molecule has 0 saturated carbocycles. The van der Waals surface area contributed by atoms with Crippen LogP contribution in [0.4, 0.5) is 17.1 Å². The third kappa shape index (κ3) is 4.00. The van der Waals surface area contributed by atoms with Crippen LogP contribution < -0.4 is 9.64 Å². The Labute approximate surface area is 319 Å². The second-order valence-electron chi connectivity index (χ2n) is 15.6. The largest absolute Gasteiger partial charge is 0.457 e. The molecule has 1 spiro atoms. The first-order chi connectivity index (χ1) is 27.0. The monoisotopic (exact) mass is 705 g/mol. The molecule has 1 aliphatic heterocycles. The third-order valence-electron chi connectivity index (χ3n) is 12.5. The maximum absolute atomic E-state index is 6.87. The standard InChI is InChI=1S/C52H35NO2/c1-51(2)41-19-9-6-18-37(41)38-28-33(24-26-42(38)51)53(32-14-4-3-5-15-32)34-25-27-47-39(29-34)40-30-50-46(31-49(40)54-47)52(45-22-12-13-23-48(45)55-50)43-20-10-7-16-35(43)36-17-8-11-21-44(36)52/h3-31H,1-2H3. The second kappa shape index (κ2) is 10.9. The highest BCUT2D eigenvalue weighted by atomic mass is 16.5. The minimum atomic E-state index is -0.541. The number of para-hydroxylation sites is 2. The molecule has 3 nitrogen and oxygen atoms in total. The first kappa shape index (κ1) is 30.6. The van der Waals surface area contributed by atoms with E-state index < -0.39 is 5.41 Å². The van der Waals surface area contributed by atoms with Crippen LogP contribution in [-0.2, 0) is 10.8 Å². The van der Waals surface area contributed by atoms with Gasteiger partial charge < -0.3 is 14.1 Å². The van der Waals surface area contributed by atoms with E-state index in [1.807, 2.05) is 0 Å². The molecule has 0 bridgehead atoms. The van der Waals surface area contributed by atoms with Crippen LogP contribution in [0, 0.1) is 0 Å². The fraction of sp³-hybridized carbons (Fsp3) is 0.0769. The lowest BCUT2D eigenvalue weighted by molar-refractivity contribution is 0.437. The molecule has 0 amide bonds. The fourth-order valence-electron chi connectivity index (χ4n) is 10.1. The topological polar surface area (TPSA) is 25.6 Å². The van der Waals surface area contributed by atoms with Gasteiger partial charge in [-0.05, 0) is 105 Å². The molecule has 1 aromatic heterocycles. The van der Waals surface area contributed by atoms with Gasteiger partial charge >= 0.3 is 0 Å². The zero-order valence-electron chi connectivity index (χ0n) is 30.5. The zero-order valence-corrected chi connectivity index (χ0v) is 30.5. The molecule has 0 atom stereocenters. The number of hydrogen-bond donors (Lipinski definition) is 0. The number of fused-ring (bicyclic) bond motifs is 15. The second-order valence-corrected chi connectivity index (χ2v) is 15.6. The maximum Gasteiger partial charge on any atom is 0.136 e. The van der Waals surface area contributed by atoms with Crippen molar-refractivity contribution in [1.82, 2.24) is 0 Å². The minimum absolute atomic E-state index is 0.0559. The van der Waals surface area contributed by atoms with Crippen LogP contribution in [0.1, 0.15) is 47.2 Å². The highest BCUT2D eigenvalue weighted by Gasteiger charge is 2.51. The van der Waals surface area contributed by atoms with Crippen LogP contribution >= 0.6 is 0 Å². The summed E-state index contributed by atoms with van der Waals surface area (Å²) in [6.07, 6.45) is 0. The fourth-order valence-corrected chi connectivity index (χ4v) is 10.1. The first-order valence-electron chi connectivity index (χ1n) is 19.1. The minimum Gasteiger partial charge on any atom is -0.457 e. The van der Waals surface area contributed by atoms with E-state index in [9.17, 15) is 0 Å². The number of hydrogen-bond acceptors (Lipinski definition) is 3. The summed E-state index contributed by atoms with van der Waals surface area (Å²) in [6.45, 7) is 4.66. The van der Waals surface area contributed by atoms with Gasteiger partial charge in [-0.15, -0.1) is 0 Å². The van der Waals surface area contributed by atoms with E-state index in [1.54, 1.807) is 0 Å². The molecule has 55 heavy (non-hydrogen) atoms. The van der Waals surface area contributed by atoms with Crippen molar-refractivity contribution >= 4 is 39.0 Å². The van der Waals surface area contributed by atoms with Crippen molar-refractivity contribution < 1.29 is 9.15 Å². The predicted octanol–water partition coefficient (Wildman–Crippen LogP) is 13.8. The Bertz CT molecular complexity index is 3010. The van der Waals surface area contributed by atoms with E-state index in [1.165, 1.54) is 44.5 Å². The number of nitrogens with zero attached hydrogens (tertiary/aromatic N) is 1. The van der Waals surface area contributed by atoms with Crippen LogP contribution in [0.15, 0.2) is 180 Å². The number of anilines is 3. The molecule has 0 N–H and O–H groups in total. The van der Waals surface area contributed by atoms with Gasteiger partial charge in [0.1, 0.15) is 22.7 Å². The highest BCUT2D eigenvalue weighted by Crippen LogP contribution is 2.62. The molecular weight excluding hydrogens is 671 g/mol.